The topological polar surface area (TPSA) is 56.1 Å². The molecule has 0 aliphatic heterocycles. The van der Waals surface area contributed by atoms with Crippen molar-refractivity contribution in [3.8, 4) is 0 Å². The van der Waals surface area contributed by atoms with Gasteiger partial charge in [-0.3, -0.25) is 4.79 Å². The van der Waals surface area contributed by atoms with E-state index >= 15 is 0 Å². The summed E-state index contributed by atoms with van der Waals surface area (Å²) in [5.74, 6) is -0.0399. The highest BCUT2D eigenvalue weighted by Gasteiger charge is 2.19. The van der Waals surface area contributed by atoms with Gasteiger partial charge in [-0.25, -0.2) is 12.4 Å². The van der Waals surface area contributed by atoms with Crippen LogP contribution < -0.4 is 0 Å². The molecule has 0 spiro atoms. The van der Waals surface area contributed by atoms with Crippen LogP contribution in [0, 0.1) is 0 Å². The lowest BCUT2D eigenvalue weighted by atomic mass is 9.91. The van der Waals surface area contributed by atoms with Gasteiger partial charge < -0.3 is 0 Å². The van der Waals surface area contributed by atoms with Gasteiger partial charge in [0.2, 0.25) is 0 Å². The molecule has 4 nitrogen and oxygen atoms in total. The van der Waals surface area contributed by atoms with Crippen LogP contribution in [-0.2, 0) is 10.0 Å². The molecule has 0 saturated heterocycles. The van der Waals surface area contributed by atoms with Crippen molar-refractivity contribution < 1.29 is 13.2 Å². The lowest BCUT2D eigenvalue weighted by molar-refractivity contribution is 0.0998. The van der Waals surface area contributed by atoms with Crippen LogP contribution in [-0.4, -0.2) is 18.2 Å². The molecule has 7 heteroatoms. The van der Waals surface area contributed by atoms with E-state index in [-0.39, 0.29) is 17.1 Å². The average Bonchev–Trinajstić information content (AvgIpc) is 3.35. The third-order valence-corrected chi connectivity index (χ3v) is 7.94. The standard InChI is InChI=1S/C27H21BrClNO3S/c1-19(22-14-15-30(18-22)34(32,33)25-8-3-2-4-9-25)26(20-10-12-24(29)13-11-20)17-27(31)21-6-5-7-23(28)16-21/h2-16,18H,17H2,1H3/b26-19-. The maximum absolute atomic E-state index is 13.2. The van der Waals surface area contributed by atoms with Crippen molar-refractivity contribution in [1.29, 1.82) is 0 Å². The first-order chi connectivity index (χ1) is 16.3. The van der Waals surface area contributed by atoms with Crippen molar-refractivity contribution in [2.45, 2.75) is 18.2 Å². The number of ketones is 1. The number of aromatic nitrogens is 1. The van der Waals surface area contributed by atoms with Crippen LogP contribution in [0.4, 0.5) is 0 Å². The maximum atomic E-state index is 13.2. The zero-order valence-corrected chi connectivity index (χ0v) is 21.4. The number of carbonyl (C=O) groups is 1. The van der Waals surface area contributed by atoms with E-state index in [2.05, 4.69) is 15.9 Å². The summed E-state index contributed by atoms with van der Waals surface area (Å²) in [6.45, 7) is 1.90. The first-order valence-corrected chi connectivity index (χ1v) is 13.1. The van der Waals surface area contributed by atoms with Crippen LogP contribution in [0.2, 0.25) is 5.02 Å². The summed E-state index contributed by atoms with van der Waals surface area (Å²) in [7, 11) is -3.71. The Morgan fingerprint density at radius 2 is 1.59 bits per heavy atom. The SMILES string of the molecule is C/C(=C(\CC(=O)c1cccc(Br)c1)c1ccc(Cl)cc1)c1ccn(S(=O)(=O)c2ccccc2)c1. The number of rotatable bonds is 7. The molecule has 0 unspecified atom stereocenters. The van der Waals surface area contributed by atoms with Gasteiger partial charge in [0.15, 0.2) is 5.78 Å². The molecule has 0 aliphatic rings. The van der Waals surface area contributed by atoms with Gasteiger partial charge in [-0.1, -0.05) is 70.0 Å². The van der Waals surface area contributed by atoms with E-state index < -0.39 is 10.0 Å². The summed E-state index contributed by atoms with van der Waals surface area (Å²) in [5.41, 5.74) is 3.78. The van der Waals surface area contributed by atoms with Crippen LogP contribution >= 0.6 is 27.5 Å². The van der Waals surface area contributed by atoms with Gasteiger partial charge in [-0.05, 0) is 71.7 Å². The Balaban J connectivity index is 1.76. The second kappa shape index (κ2) is 10.1. The molecule has 1 aromatic heterocycles. The van der Waals surface area contributed by atoms with Crippen molar-refractivity contribution in [1.82, 2.24) is 3.97 Å². The molecule has 0 amide bonds. The Kier molecular flexibility index (Phi) is 7.22. The second-order valence-electron chi connectivity index (χ2n) is 7.77. The van der Waals surface area contributed by atoms with Crippen molar-refractivity contribution in [3.05, 3.63) is 124 Å². The average molecular weight is 555 g/mol. The number of hydrogen-bond acceptors (Lipinski definition) is 3. The quantitative estimate of drug-likeness (QED) is 0.225. The van der Waals surface area contributed by atoms with Crippen LogP contribution in [0.1, 0.15) is 34.8 Å². The Bertz CT molecular complexity index is 1470. The van der Waals surface area contributed by atoms with Gasteiger partial charge in [0, 0.05) is 33.9 Å². The Morgan fingerprint density at radius 3 is 2.26 bits per heavy atom. The molecule has 172 valence electrons. The number of hydrogen-bond donors (Lipinski definition) is 0. The summed E-state index contributed by atoms with van der Waals surface area (Å²) in [5, 5.41) is 0.596. The number of benzene rings is 3. The fourth-order valence-electron chi connectivity index (χ4n) is 3.66. The highest BCUT2D eigenvalue weighted by molar-refractivity contribution is 9.10. The smallest absolute Gasteiger partial charge is 0.267 e. The summed E-state index contributed by atoms with van der Waals surface area (Å²) >= 11 is 9.50. The minimum atomic E-state index is -3.71. The molecule has 4 aromatic rings. The van der Waals surface area contributed by atoms with Gasteiger partial charge >= 0.3 is 0 Å². The lowest BCUT2D eigenvalue weighted by Crippen LogP contribution is -2.10. The van der Waals surface area contributed by atoms with E-state index in [0.717, 1.165) is 21.2 Å². The second-order valence-corrected chi connectivity index (χ2v) is 11.0. The minimum absolute atomic E-state index is 0.0399. The predicted octanol–water partition coefficient (Wildman–Crippen LogP) is 7.34. The first-order valence-electron chi connectivity index (χ1n) is 10.5. The van der Waals surface area contributed by atoms with Crippen LogP contribution in [0.3, 0.4) is 0 Å². The fourth-order valence-corrected chi connectivity index (χ4v) is 5.41. The summed E-state index contributed by atoms with van der Waals surface area (Å²) < 4.78 is 28.1. The maximum Gasteiger partial charge on any atom is 0.267 e. The van der Waals surface area contributed by atoms with Crippen LogP contribution in [0.5, 0.6) is 0 Å². The molecule has 3 aromatic carbocycles. The molecular weight excluding hydrogens is 534 g/mol. The predicted molar refractivity (Wildman–Crippen MR) is 140 cm³/mol. The van der Waals surface area contributed by atoms with Crippen molar-refractivity contribution in [3.63, 3.8) is 0 Å². The highest BCUT2D eigenvalue weighted by atomic mass is 79.9. The zero-order valence-electron chi connectivity index (χ0n) is 18.3. The van der Waals surface area contributed by atoms with E-state index in [1.165, 1.54) is 10.2 Å². The summed E-state index contributed by atoms with van der Waals surface area (Å²) in [4.78, 5) is 13.4. The normalized spacial score (nSPS) is 12.3. The Labute approximate surface area is 212 Å². The molecule has 4 rings (SSSR count). The van der Waals surface area contributed by atoms with Crippen molar-refractivity contribution in [2.24, 2.45) is 0 Å². The number of Topliss-reactive ketones (excluding diaryl/α,β-unsaturated/α-hetero) is 1. The summed E-state index contributed by atoms with van der Waals surface area (Å²) in [6.07, 6.45) is 3.26. The van der Waals surface area contributed by atoms with Gasteiger partial charge in [0.05, 0.1) is 4.90 Å². The minimum Gasteiger partial charge on any atom is -0.294 e. The molecule has 34 heavy (non-hydrogen) atoms. The van der Waals surface area contributed by atoms with E-state index in [1.54, 1.807) is 66.9 Å². The molecule has 1 heterocycles. The molecular formula is C27H21BrClNO3S. The van der Waals surface area contributed by atoms with Gasteiger partial charge in [-0.15, -0.1) is 0 Å². The molecule has 0 bridgehead atoms. The highest BCUT2D eigenvalue weighted by Crippen LogP contribution is 2.32. The van der Waals surface area contributed by atoms with Crippen molar-refractivity contribution >= 4 is 54.5 Å². The van der Waals surface area contributed by atoms with Crippen LogP contribution in [0.15, 0.2) is 107 Å². The zero-order chi connectivity index (χ0) is 24.3. The Morgan fingerprint density at radius 1 is 0.882 bits per heavy atom. The van der Waals surface area contributed by atoms with Gasteiger partial charge in [-0.2, -0.15) is 0 Å². The third-order valence-electron chi connectivity index (χ3n) is 5.55. The third kappa shape index (κ3) is 5.25. The number of carbonyl (C=O) groups excluding carboxylic acids is 1. The molecule has 0 radical (unpaired) electrons. The molecule has 0 N–H and O–H groups in total. The summed E-state index contributed by atoms with van der Waals surface area (Å²) in [6, 6.07) is 24.6. The largest absolute Gasteiger partial charge is 0.294 e. The monoisotopic (exact) mass is 553 g/mol. The van der Waals surface area contributed by atoms with E-state index in [1.807, 2.05) is 31.2 Å². The lowest BCUT2D eigenvalue weighted by Gasteiger charge is -2.13. The molecule has 0 atom stereocenters. The van der Waals surface area contributed by atoms with Gasteiger partial charge in [0.25, 0.3) is 10.0 Å². The van der Waals surface area contributed by atoms with E-state index in [4.69, 9.17) is 11.6 Å². The Hall–Kier alpha value is -2.93. The van der Waals surface area contributed by atoms with Crippen molar-refractivity contribution in [2.75, 3.05) is 0 Å². The number of nitrogens with zero attached hydrogens (tertiary/aromatic N) is 1. The number of allylic oxidation sites excluding steroid dienone is 2. The molecule has 0 saturated carbocycles. The molecule has 0 aliphatic carbocycles. The first kappa shape index (κ1) is 24.2. The fraction of sp³-hybridized carbons (Fsp3) is 0.0741. The van der Waals surface area contributed by atoms with E-state index in [0.29, 0.717) is 16.1 Å². The molecule has 0 fully saturated rings. The van der Waals surface area contributed by atoms with Gasteiger partial charge in [0.1, 0.15) is 0 Å². The van der Waals surface area contributed by atoms with E-state index in [9.17, 15) is 13.2 Å². The van der Waals surface area contributed by atoms with Crippen LogP contribution in [0.25, 0.3) is 11.1 Å². The number of halogens is 2.